The summed E-state index contributed by atoms with van der Waals surface area (Å²) in [5, 5.41) is 8.97. The van der Waals surface area contributed by atoms with Crippen molar-refractivity contribution in [3.63, 3.8) is 0 Å². The lowest BCUT2D eigenvalue weighted by atomic mass is 10.0. The number of methoxy groups -OCH3 is 1. The fraction of sp³-hybridized carbons (Fsp3) is 0.455. The number of benzene rings is 1. The molecule has 0 fully saturated rings. The van der Waals surface area contributed by atoms with E-state index in [9.17, 15) is 13.2 Å². The van der Waals surface area contributed by atoms with Crippen molar-refractivity contribution in [2.24, 2.45) is 0 Å². The van der Waals surface area contributed by atoms with Gasteiger partial charge in [0.25, 0.3) is 0 Å². The molecule has 0 heterocycles. The van der Waals surface area contributed by atoms with E-state index in [4.69, 9.17) is 9.84 Å². The normalized spacial score (nSPS) is 13.6. The van der Waals surface area contributed by atoms with Crippen LogP contribution in [0.2, 0.25) is 0 Å². The van der Waals surface area contributed by atoms with Crippen molar-refractivity contribution in [2.75, 3.05) is 7.11 Å². The van der Waals surface area contributed by atoms with Gasteiger partial charge in [-0.25, -0.2) is 0 Å². The minimum atomic E-state index is -4.60. The lowest BCUT2D eigenvalue weighted by Crippen LogP contribution is -2.30. The summed E-state index contributed by atoms with van der Waals surface area (Å²) >= 11 is 0. The first kappa shape index (κ1) is 12.8. The SMILES string of the molecule is COc1ccc(C)cc1CC(O)C(F)(F)F. The van der Waals surface area contributed by atoms with Gasteiger partial charge in [0.15, 0.2) is 6.10 Å². The predicted octanol–water partition coefficient (Wildman–Crippen LogP) is 2.47. The van der Waals surface area contributed by atoms with Gasteiger partial charge in [-0.2, -0.15) is 13.2 Å². The molecule has 1 aromatic carbocycles. The quantitative estimate of drug-likeness (QED) is 0.870. The van der Waals surface area contributed by atoms with Crippen molar-refractivity contribution in [3.05, 3.63) is 29.3 Å². The molecule has 1 N–H and O–H groups in total. The van der Waals surface area contributed by atoms with Crippen LogP contribution in [0.5, 0.6) is 5.75 Å². The zero-order valence-electron chi connectivity index (χ0n) is 9.01. The molecule has 2 nitrogen and oxygen atoms in total. The average Bonchev–Trinajstić information content (AvgIpc) is 2.16. The van der Waals surface area contributed by atoms with Crippen LogP contribution < -0.4 is 4.74 Å². The highest BCUT2D eigenvalue weighted by Crippen LogP contribution is 2.27. The summed E-state index contributed by atoms with van der Waals surface area (Å²) in [5.41, 5.74) is 1.18. The molecule has 0 saturated carbocycles. The molecule has 1 unspecified atom stereocenters. The molecular weight excluding hydrogens is 221 g/mol. The first-order valence-electron chi connectivity index (χ1n) is 4.73. The average molecular weight is 234 g/mol. The summed E-state index contributed by atoms with van der Waals surface area (Å²) in [6.07, 6.45) is -7.45. The second kappa shape index (κ2) is 4.74. The zero-order chi connectivity index (χ0) is 12.3. The van der Waals surface area contributed by atoms with Crippen LogP contribution in [0.4, 0.5) is 13.2 Å². The lowest BCUT2D eigenvalue weighted by molar-refractivity contribution is -0.203. The Labute approximate surface area is 91.7 Å². The molecule has 0 radical (unpaired) electrons. The van der Waals surface area contributed by atoms with Gasteiger partial charge in [0.2, 0.25) is 0 Å². The number of aryl methyl sites for hydroxylation is 1. The maximum absolute atomic E-state index is 12.2. The smallest absolute Gasteiger partial charge is 0.414 e. The van der Waals surface area contributed by atoms with Gasteiger partial charge in [-0.15, -0.1) is 0 Å². The molecule has 0 aliphatic heterocycles. The molecule has 1 atom stereocenters. The highest BCUT2D eigenvalue weighted by molar-refractivity contribution is 5.37. The first-order valence-corrected chi connectivity index (χ1v) is 4.73. The van der Waals surface area contributed by atoms with Gasteiger partial charge >= 0.3 is 6.18 Å². The van der Waals surface area contributed by atoms with Crippen molar-refractivity contribution >= 4 is 0 Å². The van der Waals surface area contributed by atoms with Gasteiger partial charge in [-0.05, 0) is 18.6 Å². The summed E-state index contributed by atoms with van der Waals surface area (Å²) in [6.45, 7) is 1.77. The number of aliphatic hydroxyl groups is 1. The topological polar surface area (TPSA) is 29.5 Å². The Bertz CT molecular complexity index is 361. The predicted molar refractivity (Wildman–Crippen MR) is 53.5 cm³/mol. The molecule has 1 rings (SSSR count). The minimum Gasteiger partial charge on any atom is -0.496 e. The monoisotopic (exact) mass is 234 g/mol. The van der Waals surface area contributed by atoms with E-state index in [-0.39, 0.29) is 0 Å². The largest absolute Gasteiger partial charge is 0.496 e. The van der Waals surface area contributed by atoms with Crippen molar-refractivity contribution in [2.45, 2.75) is 25.6 Å². The Hall–Kier alpha value is -1.23. The first-order chi connectivity index (χ1) is 7.34. The third-order valence-electron chi connectivity index (χ3n) is 2.23. The number of aliphatic hydroxyl groups excluding tert-OH is 1. The second-order valence-corrected chi connectivity index (χ2v) is 3.58. The van der Waals surface area contributed by atoms with Crippen LogP contribution in [0.1, 0.15) is 11.1 Å². The van der Waals surface area contributed by atoms with E-state index >= 15 is 0 Å². The second-order valence-electron chi connectivity index (χ2n) is 3.58. The number of hydrogen-bond acceptors (Lipinski definition) is 2. The molecular formula is C11H13F3O2. The van der Waals surface area contributed by atoms with Gasteiger partial charge in [0.1, 0.15) is 5.75 Å². The fourth-order valence-electron chi connectivity index (χ4n) is 1.39. The standard InChI is InChI=1S/C11H13F3O2/c1-7-3-4-9(16-2)8(5-7)6-10(15)11(12,13)14/h3-5,10,15H,6H2,1-2H3. The highest BCUT2D eigenvalue weighted by atomic mass is 19.4. The van der Waals surface area contributed by atoms with E-state index in [1.165, 1.54) is 7.11 Å². The van der Waals surface area contributed by atoms with Crippen LogP contribution in [-0.4, -0.2) is 24.5 Å². The number of rotatable bonds is 3. The van der Waals surface area contributed by atoms with Crippen LogP contribution in [0.3, 0.4) is 0 Å². The Morgan fingerprint density at radius 2 is 2.00 bits per heavy atom. The Morgan fingerprint density at radius 1 is 1.38 bits per heavy atom. The maximum Gasteiger partial charge on any atom is 0.414 e. The Balaban J connectivity index is 2.91. The number of ether oxygens (including phenoxy) is 1. The van der Waals surface area contributed by atoms with Crippen molar-refractivity contribution < 1.29 is 23.0 Å². The van der Waals surface area contributed by atoms with E-state index in [0.717, 1.165) is 5.56 Å². The summed E-state index contributed by atoms with van der Waals surface area (Å²) < 4.78 is 41.5. The fourth-order valence-corrected chi connectivity index (χ4v) is 1.39. The van der Waals surface area contributed by atoms with E-state index in [1.807, 2.05) is 0 Å². The van der Waals surface area contributed by atoms with Crippen LogP contribution >= 0.6 is 0 Å². The van der Waals surface area contributed by atoms with Gasteiger partial charge in [-0.1, -0.05) is 17.7 Å². The van der Waals surface area contributed by atoms with E-state index in [2.05, 4.69) is 0 Å². The van der Waals surface area contributed by atoms with Crippen LogP contribution in [-0.2, 0) is 6.42 Å². The number of alkyl halides is 3. The van der Waals surface area contributed by atoms with Crippen LogP contribution in [0.15, 0.2) is 18.2 Å². The summed E-state index contributed by atoms with van der Waals surface area (Å²) in [6, 6.07) is 4.91. The number of hydrogen-bond donors (Lipinski definition) is 1. The Morgan fingerprint density at radius 3 is 2.50 bits per heavy atom. The molecule has 16 heavy (non-hydrogen) atoms. The van der Waals surface area contributed by atoms with E-state index in [0.29, 0.717) is 11.3 Å². The molecule has 0 spiro atoms. The molecule has 5 heteroatoms. The molecule has 0 aliphatic carbocycles. The molecule has 0 bridgehead atoms. The van der Waals surface area contributed by atoms with Gasteiger partial charge in [-0.3, -0.25) is 0 Å². The van der Waals surface area contributed by atoms with Gasteiger partial charge < -0.3 is 9.84 Å². The van der Waals surface area contributed by atoms with E-state index < -0.39 is 18.7 Å². The van der Waals surface area contributed by atoms with Crippen LogP contribution in [0.25, 0.3) is 0 Å². The Kier molecular flexibility index (Phi) is 3.80. The molecule has 0 amide bonds. The lowest BCUT2D eigenvalue weighted by Gasteiger charge is -2.16. The maximum atomic E-state index is 12.2. The van der Waals surface area contributed by atoms with Crippen molar-refractivity contribution in [3.8, 4) is 5.75 Å². The van der Waals surface area contributed by atoms with Gasteiger partial charge in [0.05, 0.1) is 7.11 Å². The van der Waals surface area contributed by atoms with Crippen molar-refractivity contribution in [1.82, 2.24) is 0 Å². The summed E-state index contributed by atoms with van der Waals surface area (Å²) in [4.78, 5) is 0. The third kappa shape index (κ3) is 3.13. The molecule has 0 aromatic heterocycles. The third-order valence-corrected chi connectivity index (χ3v) is 2.23. The molecule has 90 valence electrons. The molecule has 1 aromatic rings. The summed E-state index contributed by atoms with van der Waals surface area (Å²) in [5.74, 6) is 0.355. The highest BCUT2D eigenvalue weighted by Gasteiger charge is 2.38. The van der Waals surface area contributed by atoms with E-state index in [1.54, 1.807) is 25.1 Å². The van der Waals surface area contributed by atoms with Crippen LogP contribution in [0, 0.1) is 6.92 Å². The van der Waals surface area contributed by atoms with Gasteiger partial charge in [0, 0.05) is 6.42 Å². The zero-order valence-corrected chi connectivity index (χ0v) is 9.01. The molecule has 0 saturated heterocycles. The molecule has 0 aliphatic rings. The van der Waals surface area contributed by atoms with Crippen molar-refractivity contribution in [1.29, 1.82) is 0 Å². The number of halogens is 3. The summed E-state index contributed by atoms with van der Waals surface area (Å²) in [7, 11) is 1.38. The minimum absolute atomic E-state index is 0.354.